The van der Waals surface area contributed by atoms with Gasteiger partial charge in [-0.3, -0.25) is 0 Å². The highest BCUT2D eigenvalue weighted by Gasteiger charge is 2.09. The number of halogens is 1. The third kappa shape index (κ3) is 2.96. The molecule has 0 aliphatic carbocycles. The summed E-state index contributed by atoms with van der Waals surface area (Å²) in [6.45, 7) is 2.16. The van der Waals surface area contributed by atoms with Crippen LogP contribution in [0.4, 0.5) is 0 Å². The van der Waals surface area contributed by atoms with E-state index in [9.17, 15) is 4.79 Å². The van der Waals surface area contributed by atoms with Crippen molar-refractivity contribution in [3.8, 4) is 5.75 Å². The zero-order chi connectivity index (χ0) is 11.3. The highest BCUT2D eigenvalue weighted by Crippen LogP contribution is 2.22. The van der Waals surface area contributed by atoms with E-state index in [1.54, 1.807) is 26.2 Å². The molecule has 0 unspecified atom stereocenters. The van der Waals surface area contributed by atoms with Crippen molar-refractivity contribution in [2.24, 2.45) is 0 Å². The summed E-state index contributed by atoms with van der Waals surface area (Å²) in [5, 5.41) is 0.694. The Morgan fingerprint density at radius 1 is 1.47 bits per heavy atom. The van der Waals surface area contributed by atoms with E-state index in [-0.39, 0.29) is 5.97 Å². The standard InChI is InChI=1S/C11H13BrO3/c1-3-15-11(13)8-4-5-9(7-12)10(6-8)14-2/h4-6H,3,7H2,1-2H3. The minimum atomic E-state index is -0.322. The van der Waals surface area contributed by atoms with Crippen molar-refractivity contribution in [3.63, 3.8) is 0 Å². The molecule has 82 valence electrons. The first kappa shape index (κ1) is 12.0. The molecule has 0 aliphatic rings. The normalized spacial score (nSPS) is 9.80. The molecule has 3 nitrogen and oxygen atoms in total. The van der Waals surface area contributed by atoms with Crippen LogP contribution in [0.25, 0.3) is 0 Å². The molecule has 4 heteroatoms. The lowest BCUT2D eigenvalue weighted by atomic mass is 10.1. The first-order chi connectivity index (χ1) is 7.22. The summed E-state index contributed by atoms with van der Waals surface area (Å²) >= 11 is 3.35. The predicted octanol–water partition coefficient (Wildman–Crippen LogP) is 2.77. The van der Waals surface area contributed by atoms with Crippen LogP contribution in [0, 0.1) is 0 Å². The Labute approximate surface area is 97.5 Å². The number of benzene rings is 1. The quantitative estimate of drug-likeness (QED) is 0.625. The number of carbonyl (C=O) groups excluding carboxylic acids is 1. The smallest absolute Gasteiger partial charge is 0.338 e. The zero-order valence-electron chi connectivity index (χ0n) is 8.75. The Bertz CT molecular complexity index is 350. The second-order valence-electron chi connectivity index (χ2n) is 2.88. The lowest BCUT2D eigenvalue weighted by Gasteiger charge is -2.08. The molecule has 0 heterocycles. The molecule has 1 aromatic carbocycles. The molecule has 1 aromatic rings. The van der Waals surface area contributed by atoms with E-state index < -0.39 is 0 Å². The molecule has 0 amide bonds. The molecule has 0 spiro atoms. The van der Waals surface area contributed by atoms with Crippen LogP contribution in [-0.2, 0) is 10.1 Å². The van der Waals surface area contributed by atoms with Crippen LogP contribution in [0.1, 0.15) is 22.8 Å². The Morgan fingerprint density at radius 3 is 2.73 bits per heavy atom. The van der Waals surface area contributed by atoms with Gasteiger partial charge in [-0.15, -0.1) is 0 Å². The molecule has 0 N–H and O–H groups in total. The first-order valence-electron chi connectivity index (χ1n) is 4.63. The number of esters is 1. The maximum absolute atomic E-state index is 11.4. The van der Waals surface area contributed by atoms with E-state index in [1.165, 1.54) is 0 Å². The third-order valence-corrected chi connectivity index (χ3v) is 2.55. The predicted molar refractivity (Wildman–Crippen MR) is 61.6 cm³/mol. The summed E-state index contributed by atoms with van der Waals surface area (Å²) in [5.74, 6) is 0.370. The van der Waals surface area contributed by atoms with E-state index in [1.807, 2.05) is 6.07 Å². The molecule has 15 heavy (non-hydrogen) atoms. The molecular formula is C11H13BrO3. The lowest BCUT2D eigenvalue weighted by molar-refractivity contribution is 0.0526. The third-order valence-electron chi connectivity index (χ3n) is 1.94. The van der Waals surface area contributed by atoms with Gasteiger partial charge < -0.3 is 9.47 Å². The van der Waals surface area contributed by atoms with Crippen molar-refractivity contribution in [2.45, 2.75) is 12.3 Å². The SMILES string of the molecule is CCOC(=O)c1ccc(CBr)c(OC)c1. The van der Waals surface area contributed by atoms with Crippen LogP contribution in [0.15, 0.2) is 18.2 Å². The number of rotatable bonds is 4. The molecule has 0 saturated heterocycles. The molecule has 0 aliphatic heterocycles. The fourth-order valence-corrected chi connectivity index (χ4v) is 1.66. The van der Waals surface area contributed by atoms with Crippen LogP contribution in [0.5, 0.6) is 5.75 Å². The highest BCUT2D eigenvalue weighted by molar-refractivity contribution is 9.08. The monoisotopic (exact) mass is 272 g/mol. The van der Waals surface area contributed by atoms with Gasteiger partial charge in [0.1, 0.15) is 5.75 Å². The summed E-state index contributed by atoms with van der Waals surface area (Å²) in [5.41, 5.74) is 1.52. The molecular weight excluding hydrogens is 260 g/mol. The van der Waals surface area contributed by atoms with Crippen LogP contribution in [0.3, 0.4) is 0 Å². The van der Waals surface area contributed by atoms with Crippen LogP contribution >= 0.6 is 15.9 Å². The van der Waals surface area contributed by atoms with E-state index >= 15 is 0 Å². The number of carbonyl (C=O) groups is 1. The summed E-state index contributed by atoms with van der Waals surface area (Å²) in [4.78, 5) is 11.4. The number of hydrogen-bond acceptors (Lipinski definition) is 3. The second-order valence-corrected chi connectivity index (χ2v) is 3.44. The molecule has 0 radical (unpaired) electrons. The van der Waals surface area contributed by atoms with Crippen LogP contribution in [-0.4, -0.2) is 19.7 Å². The topological polar surface area (TPSA) is 35.5 Å². The number of ether oxygens (including phenoxy) is 2. The summed E-state index contributed by atoms with van der Waals surface area (Å²) in [6, 6.07) is 5.27. The lowest BCUT2D eigenvalue weighted by Crippen LogP contribution is -2.05. The van der Waals surface area contributed by atoms with Gasteiger partial charge in [-0.25, -0.2) is 4.79 Å². The van der Waals surface area contributed by atoms with E-state index in [2.05, 4.69) is 15.9 Å². The average Bonchev–Trinajstić information content (AvgIpc) is 2.28. The maximum atomic E-state index is 11.4. The molecule has 0 atom stereocenters. The minimum Gasteiger partial charge on any atom is -0.496 e. The molecule has 0 bridgehead atoms. The van der Waals surface area contributed by atoms with E-state index in [4.69, 9.17) is 9.47 Å². The van der Waals surface area contributed by atoms with Gasteiger partial charge >= 0.3 is 5.97 Å². The van der Waals surface area contributed by atoms with Crippen molar-refractivity contribution in [1.29, 1.82) is 0 Å². The zero-order valence-corrected chi connectivity index (χ0v) is 10.3. The van der Waals surface area contributed by atoms with Crippen molar-refractivity contribution < 1.29 is 14.3 Å². The Morgan fingerprint density at radius 2 is 2.20 bits per heavy atom. The van der Waals surface area contributed by atoms with Gasteiger partial charge in [-0.05, 0) is 19.1 Å². The number of hydrogen-bond donors (Lipinski definition) is 0. The Kier molecular flexibility index (Phi) is 4.62. The van der Waals surface area contributed by atoms with Gasteiger partial charge in [0.15, 0.2) is 0 Å². The minimum absolute atomic E-state index is 0.322. The molecule has 0 aromatic heterocycles. The fraction of sp³-hybridized carbons (Fsp3) is 0.364. The van der Waals surface area contributed by atoms with Gasteiger partial charge in [0, 0.05) is 10.9 Å². The molecule has 1 rings (SSSR count). The van der Waals surface area contributed by atoms with Crippen molar-refractivity contribution >= 4 is 21.9 Å². The largest absolute Gasteiger partial charge is 0.496 e. The van der Waals surface area contributed by atoms with Crippen molar-refractivity contribution in [2.75, 3.05) is 13.7 Å². The van der Waals surface area contributed by atoms with Crippen molar-refractivity contribution in [1.82, 2.24) is 0 Å². The summed E-state index contributed by atoms with van der Waals surface area (Å²) in [7, 11) is 1.58. The summed E-state index contributed by atoms with van der Waals surface area (Å²) < 4.78 is 10.1. The van der Waals surface area contributed by atoms with Gasteiger partial charge in [-0.2, -0.15) is 0 Å². The van der Waals surface area contributed by atoms with Crippen LogP contribution < -0.4 is 4.74 Å². The Hall–Kier alpha value is -1.03. The highest BCUT2D eigenvalue weighted by atomic mass is 79.9. The van der Waals surface area contributed by atoms with Gasteiger partial charge in [0.05, 0.1) is 19.3 Å². The fourth-order valence-electron chi connectivity index (χ4n) is 1.20. The molecule has 0 saturated carbocycles. The average molecular weight is 273 g/mol. The van der Waals surface area contributed by atoms with Crippen molar-refractivity contribution in [3.05, 3.63) is 29.3 Å². The van der Waals surface area contributed by atoms with Crippen LogP contribution in [0.2, 0.25) is 0 Å². The first-order valence-corrected chi connectivity index (χ1v) is 5.75. The number of alkyl halides is 1. The molecule has 0 fully saturated rings. The number of methoxy groups -OCH3 is 1. The van der Waals surface area contributed by atoms with E-state index in [0.717, 1.165) is 5.56 Å². The van der Waals surface area contributed by atoms with Gasteiger partial charge in [0.2, 0.25) is 0 Å². The summed E-state index contributed by atoms with van der Waals surface area (Å²) in [6.07, 6.45) is 0. The second kappa shape index (κ2) is 5.75. The Balaban J connectivity index is 2.97. The van der Waals surface area contributed by atoms with Gasteiger partial charge in [-0.1, -0.05) is 22.0 Å². The van der Waals surface area contributed by atoms with Gasteiger partial charge in [0.25, 0.3) is 0 Å². The maximum Gasteiger partial charge on any atom is 0.338 e. The van der Waals surface area contributed by atoms with E-state index in [0.29, 0.717) is 23.2 Å².